The second-order valence-electron chi connectivity index (χ2n) is 5.50. The first kappa shape index (κ1) is 15.5. The van der Waals surface area contributed by atoms with Crippen molar-refractivity contribution in [3.8, 4) is 0 Å². The van der Waals surface area contributed by atoms with Crippen LogP contribution in [-0.2, 0) is 4.79 Å². The van der Waals surface area contributed by atoms with Gasteiger partial charge in [0.1, 0.15) is 0 Å². The topological polar surface area (TPSA) is 41.1 Å². The Hall–Kier alpha value is -0.870. The van der Waals surface area contributed by atoms with E-state index in [-0.39, 0.29) is 5.91 Å². The predicted octanol–water partition coefficient (Wildman–Crippen LogP) is 3.95. The molecule has 3 nitrogen and oxygen atoms in total. The highest BCUT2D eigenvalue weighted by molar-refractivity contribution is 9.10. The molecule has 2 rings (SSSR count). The maximum absolute atomic E-state index is 11.8. The summed E-state index contributed by atoms with van der Waals surface area (Å²) in [5, 5.41) is 6.15. The summed E-state index contributed by atoms with van der Waals surface area (Å²) in [4.78, 5) is 11.8. The monoisotopic (exact) mass is 338 g/mol. The molecule has 0 heterocycles. The first-order valence-corrected chi connectivity index (χ1v) is 8.30. The van der Waals surface area contributed by atoms with Crippen molar-refractivity contribution in [2.45, 2.75) is 38.5 Å². The van der Waals surface area contributed by atoms with Gasteiger partial charge in [0, 0.05) is 4.47 Å². The lowest BCUT2D eigenvalue weighted by molar-refractivity contribution is -0.115. The first-order valence-electron chi connectivity index (χ1n) is 7.51. The summed E-state index contributed by atoms with van der Waals surface area (Å²) in [6.45, 7) is 1.32. The van der Waals surface area contributed by atoms with Gasteiger partial charge in [-0.1, -0.05) is 44.2 Å². The number of hydrogen-bond donors (Lipinski definition) is 2. The highest BCUT2D eigenvalue weighted by Crippen LogP contribution is 2.25. The smallest absolute Gasteiger partial charge is 0.238 e. The molecule has 0 radical (unpaired) electrons. The summed E-state index contributed by atoms with van der Waals surface area (Å²) >= 11 is 3.42. The molecule has 4 heteroatoms. The maximum Gasteiger partial charge on any atom is 0.238 e. The highest BCUT2D eigenvalue weighted by Gasteiger charge is 2.12. The number of nitrogens with one attached hydrogen (secondary N) is 2. The molecule has 2 N–H and O–H groups in total. The third-order valence-electron chi connectivity index (χ3n) is 3.89. The number of carbonyl (C=O) groups is 1. The van der Waals surface area contributed by atoms with Gasteiger partial charge in [-0.05, 0) is 46.9 Å². The van der Waals surface area contributed by atoms with Crippen LogP contribution in [0.1, 0.15) is 38.5 Å². The van der Waals surface area contributed by atoms with Crippen LogP contribution in [0.2, 0.25) is 0 Å². The van der Waals surface area contributed by atoms with Gasteiger partial charge in [-0.15, -0.1) is 0 Å². The van der Waals surface area contributed by atoms with Gasteiger partial charge < -0.3 is 10.6 Å². The van der Waals surface area contributed by atoms with E-state index in [2.05, 4.69) is 26.6 Å². The summed E-state index contributed by atoms with van der Waals surface area (Å²) in [5.41, 5.74) is 0.826. The molecule has 1 aliphatic carbocycles. The van der Waals surface area contributed by atoms with Crippen molar-refractivity contribution in [1.29, 1.82) is 0 Å². The van der Waals surface area contributed by atoms with Gasteiger partial charge in [-0.3, -0.25) is 4.79 Å². The lowest BCUT2D eigenvalue weighted by Gasteiger charge is -2.21. The molecule has 0 spiro atoms. The normalized spacial score (nSPS) is 16.1. The molecule has 1 aromatic rings. The molecule has 110 valence electrons. The van der Waals surface area contributed by atoms with Crippen molar-refractivity contribution in [2.24, 2.45) is 5.92 Å². The van der Waals surface area contributed by atoms with Crippen molar-refractivity contribution in [2.75, 3.05) is 18.4 Å². The van der Waals surface area contributed by atoms with E-state index < -0.39 is 0 Å². The lowest BCUT2D eigenvalue weighted by Crippen LogP contribution is -2.29. The quantitative estimate of drug-likeness (QED) is 0.771. The Morgan fingerprint density at radius 2 is 1.95 bits per heavy atom. The van der Waals surface area contributed by atoms with Crippen LogP contribution in [0, 0.1) is 5.92 Å². The van der Waals surface area contributed by atoms with Gasteiger partial charge in [0.2, 0.25) is 5.91 Å². The molecule has 1 aromatic carbocycles. The van der Waals surface area contributed by atoms with E-state index in [0.29, 0.717) is 6.54 Å². The number of carbonyl (C=O) groups excluding carboxylic acids is 1. The van der Waals surface area contributed by atoms with E-state index in [4.69, 9.17) is 0 Å². The van der Waals surface area contributed by atoms with Crippen LogP contribution in [0.5, 0.6) is 0 Å². The predicted molar refractivity (Wildman–Crippen MR) is 86.8 cm³/mol. The average molecular weight is 339 g/mol. The maximum atomic E-state index is 11.8. The van der Waals surface area contributed by atoms with Crippen molar-refractivity contribution in [3.63, 3.8) is 0 Å². The summed E-state index contributed by atoms with van der Waals surface area (Å²) in [6.07, 6.45) is 8.09. The van der Waals surface area contributed by atoms with Crippen molar-refractivity contribution >= 4 is 27.5 Å². The summed E-state index contributed by atoms with van der Waals surface area (Å²) in [5.74, 6) is 0.878. The Labute approximate surface area is 129 Å². The van der Waals surface area contributed by atoms with Gasteiger partial charge in [0.15, 0.2) is 0 Å². The molecular formula is C16H23BrN2O. The fourth-order valence-electron chi connectivity index (χ4n) is 2.74. The number of halogens is 1. The Morgan fingerprint density at radius 1 is 1.20 bits per heavy atom. The van der Waals surface area contributed by atoms with Crippen molar-refractivity contribution in [1.82, 2.24) is 5.32 Å². The molecule has 20 heavy (non-hydrogen) atoms. The van der Waals surface area contributed by atoms with Crippen LogP contribution in [-0.4, -0.2) is 19.0 Å². The molecule has 1 saturated carbocycles. The molecule has 1 amide bonds. The largest absolute Gasteiger partial charge is 0.324 e. The molecule has 0 bridgehead atoms. The zero-order valence-corrected chi connectivity index (χ0v) is 13.4. The van der Waals surface area contributed by atoms with Crippen LogP contribution in [0.4, 0.5) is 5.69 Å². The van der Waals surface area contributed by atoms with Crippen LogP contribution < -0.4 is 10.6 Å². The van der Waals surface area contributed by atoms with Crippen molar-refractivity contribution in [3.05, 3.63) is 28.7 Å². The Morgan fingerprint density at radius 3 is 2.70 bits per heavy atom. The number of benzene rings is 1. The Balaban J connectivity index is 1.61. The van der Waals surface area contributed by atoms with Crippen LogP contribution in [0.3, 0.4) is 0 Å². The number of rotatable bonds is 6. The van der Waals surface area contributed by atoms with Crippen LogP contribution in [0.15, 0.2) is 28.7 Å². The van der Waals surface area contributed by atoms with Crippen molar-refractivity contribution < 1.29 is 4.79 Å². The van der Waals surface area contributed by atoms with E-state index in [1.54, 1.807) is 0 Å². The van der Waals surface area contributed by atoms with Gasteiger partial charge in [0.05, 0.1) is 12.2 Å². The number of anilines is 1. The number of amides is 1. The Bertz CT molecular complexity index is 430. The van der Waals surface area contributed by atoms with E-state index in [0.717, 1.165) is 22.6 Å². The molecule has 0 saturated heterocycles. The second kappa shape index (κ2) is 8.42. The van der Waals surface area contributed by atoms with Gasteiger partial charge >= 0.3 is 0 Å². The molecule has 0 aromatic heterocycles. The van der Waals surface area contributed by atoms with Crippen LogP contribution in [0.25, 0.3) is 0 Å². The fraction of sp³-hybridized carbons (Fsp3) is 0.562. The average Bonchev–Trinajstić information content (AvgIpc) is 2.47. The SMILES string of the molecule is O=C(CNCCC1CCCCC1)Nc1ccccc1Br. The van der Waals surface area contributed by atoms with E-state index in [1.807, 2.05) is 24.3 Å². The van der Waals surface area contributed by atoms with E-state index in [1.165, 1.54) is 38.5 Å². The summed E-state index contributed by atoms with van der Waals surface area (Å²) in [7, 11) is 0. The molecule has 0 unspecified atom stereocenters. The third kappa shape index (κ3) is 5.25. The summed E-state index contributed by atoms with van der Waals surface area (Å²) < 4.78 is 0.913. The number of hydrogen-bond acceptors (Lipinski definition) is 2. The minimum Gasteiger partial charge on any atom is -0.324 e. The second-order valence-corrected chi connectivity index (χ2v) is 6.35. The van der Waals surface area contributed by atoms with E-state index >= 15 is 0 Å². The zero-order valence-electron chi connectivity index (χ0n) is 11.8. The molecule has 1 aliphatic rings. The molecule has 0 aliphatic heterocycles. The standard InChI is InChI=1S/C16H23BrN2O/c17-14-8-4-5-9-15(14)19-16(20)12-18-11-10-13-6-2-1-3-7-13/h4-5,8-9,13,18H,1-3,6-7,10-12H2,(H,19,20). The lowest BCUT2D eigenvalue weighted by atomic mass is 9.87. The van der Waals surface area contributed by atoms with E-state index in [9.17, 15) is 4.79 Å². The minimum atomic E-state index is 0.0144. The molecule has 0 atom stereocenters. The third-order valence-corrected chi connectivity index (χ3v) is 4.58. The fourth-order valence-corrected chi connectivity index (χ4v) is 3.12. The number of para-hydroxylation sites is 1. The molecule has 1 fully saturated rings. The van der Waals surface area contributed by atoms with Gasteiger partial charge in [-0.25, -0.2) is 0 Å². The zero-order chi connectivity index (χ0) is 14.2. The van der Waals surface area contributed by atoms with Gasteiger partial charge in [-0.2, -0.15) is 0 Å². The minimum absolute atomic E-state index is 0.0144. The highest BCUT2D eigenvalue weighted by atomic mass is 79.9. The summed E-state index contributed by atoms with van der Waals surface area (Å²) in [6, 6.07) is 7.66. The molecular weight excluding hydrogens is 316 g/mol. The Kier molecular flexibility index (Phi) is 6.54. The van der Waals surface area contributed by atoms with Gasteiger partial charge in [0.25, 0.3) is 0 Å². The van der Waals surface area contributed by atoms with Crippen LogP contribution >= 0.6 is 15.9 Å². The first-order chi connectivity index (χ1) is 9.75.